The molecule has 0 aliphatic rings. The van der Waals surface area contributed by atoms with E-state index in [0.29, 0.717) is 29.0 Å². The van der Waals surface area contributed by atoms with Crippen LogP contribution in [0.3, 0.4) is 0 Å². The Bertz CT molecular complexity index is 1330. The van der Waals surface area contributed by atoms with Crippen LogP contribution in [0.5, 0.6) is 0 Å². The minimum Gasteiger partial charge on any atom is -0.340 e. The predicted molar refractivity (Wildman–Crippen MR) is 126 cm³/mol. The summed E-state index contributed by atoms with van der Waals surface area (Å²) < 4.78 is 27.7. The van der Waals surface area contributed by atoms with Crippen molar-refractivity contribution in [3.63, 3.8) is 0 Å². The molecule has 0 unspecified atom stereocenters. The zero-order valence-corrected chi connectivity index (χ0v) is 18.5. The lowest BCUT2D eigenvalue weighted by atomic mass is 10.3. The molecule has 2 aromatic carbocycles. The average Bonchev–Trinajstić information content (AvgIpc) is 2.75. The third-order valence-electron chi connectivity index (χ3n) is 4.29. The maximum atomic E-state index is 12.6. The molecule has 2 heterocycles. The molecule has 2 aromatic heterocycles. The van der Waals surface area contributed by atoms with Gasteiger partial charge in [0.25, 0.3) is 10.0 Å². The van der Waals surface area contributed by atoms with E-state index < -0.39 is 10.0 Å². The Kier molecular flexibility index (Phi) is 6.20. The SMILES string of the molecule is Cc1nc(Nc2ccc(NS(=O)(=O)c3ccccc3Cl)cc2)cc(Nc2ccccn2)n1. The number of nitrogens with zero attached hydrogens (tertiary/aromatic N) is 3. The number of nitrogens with one attached hydrogen (secondary N) is 3. The molecule has 0 bridgehead atoms. The third-order valence-corrected chi connectivity index (χ3v) is 6.18. The van der Waals surface area contributed by atoms with Gasteiger partial charge in [0, 0.05) is 23.6 Å². The van der Waals surface area contributed by atoms with Crippen LogP contribution in [0, 0.1) is 6.92 Å². The van der Waals surface area contributed by atoms with Crippen LogP contribution in [0.1, 0.15) is 5.82 Å². The number of aryl methyl sites for hydroxylation is 1. The van der Waals surface area contributed by atoms with Crippen molar-refractivity contribution in [2.75, 3.05) is 15.4 Å². The molecule has 10 heteroatoms. The Labute approximate surface area is 190 Å². The number of aromatic nitrogens is 3. The molecular formula is C22H19ClN6O2S. The average molecular weight is 467 g/mol. The van der Waals surface area contributed by atoms with Crippen molar-refractivity contribution in [3.8, 4) is 0 Å². The Balaban J connectivity index is 1.48. The lowest BCUT2D eigenvalue weighted by Crippen LogP contribution is -2.13. The van der Waals surface area contributed by atoms with E-state index in [1.807, 2.05) is 18.2 Å². The Morgan fingerprint density at radius 2 is 1.44 bits per heavy atom. The number of hydrogen-bond acceptors (Lipinski definition) is 7. The van der Waals surface area contributed by atoms with Gasteiger partial charge >= 0.3 is 0 Å². The number of anilines is 5. The van der Waals surface area contributed by atoms with Crippen molar-refractivity contribution in [3.05, 3.63) is 89.8 Å². The molecule has 4 rings (SSSR count). The van der Waals surface area contributed by atoms with Crippen molar-refractivity contribution in [1.82, 2.24) is 15.0 Å². The highest BCUT2D eigenvalue weighted by atomic mass is 35.5. The van der Waals surface area contributed by atoms with Crippen molar-refractivity contribution in [1.29, 1.82) is 0 Å². The molecule has 0 aliphatic carbocycles. The first-order chi connectivity index (χ1) is 15.4. The normalized spacial score (nSPS) is 11.1. The Morgan fingerprint density at radius 1 is 0.781 bits per heavy atom. The van der Waals surface area contributed by atoms with Crippen LogP contribution in [0.2, 0.25) is 5.02 Å². The number of hydrogen-bond donors (Lipinski definition) is 3. The second-order valence-electron chi connectivity index (χ2n) is 6.76. The first-order valence-corrected chi connectivity index (χ1v) is 11.4. The van der Waals surface area contributed by atoms with Gasteiger partial charge in [0.1, 0.15) is 28.2 Å². The minimum absolute atomic E-state index is 0.0215. The Morgan fingerprint density at radius 3 is 2.12 bits per heavy atom. The second kappa shape index (κ2) is 9.21. The highest BCUT2D eigenvalue weighted by Gasteiger charge is 2.17. The monoisotopic (exact) mass is 466 g/mol. The van der Waals surface area contributed by atoms with Crippen LogP contribution in [0.25, 0.3) is 0 Å². The van der Waals surface area contributed by atoms with E-state index in [2.05, 4.69) is 30.3 Å². The molecule has 0 saturated carbocycles. The second-order valence-corrected chi connectivity index (χ2v) is 8.82. The number of pyridine rings is 1. The maximum absolute atomic E-state index is 12.6. The van der Waals surface area contributed by atoms with Crippen LogP contribution >= 0.6 is 11.6 Å². The van der Waals surface area contributed by atoms with Crippen molar-refractivity contribution in [2.45, 2.75) is 11.8 Å². The molecule has 0 amide bonds. The van der Waals surface area contributed by atoms with Crippen molar-refractivity contribution < 1.29 is 8.42 Å². The largest absolute Gasteiger partial charge is 0.340 e. The minimum atomic E-state index is -3.79. The van der Waals surface area contributed by atoms with Gasteiger partial charge in [-0.1, -0.05) is 29.8 Å². The molecule has 0 spiro atoms. The van der Waals surface area contributed by atoms with Crippen LogP contribution in [0.4, 0.5) is 28.8 Å². The zero-order chi connectivity index (χ0) is 22.6. The molecule has 0 radical (unpaired) electrons. The Hall–Kier alpha value is -3.69. The molecule has 0 saturated heterocycles. The van der Waals surface area contributed by atoms with Gasteiger partial charge in [-0.05, 0) is 55.5 Å². The maximum Gasteiger partial charge on any atom is 0.263 e. The molecule has 0 atom stereocenters. The van der Waals surface area contributed by atoms with Gasteiger partial charge in [0.2, 0.25) is 0 Å². The highest BCUT2D eigenvalue weighted by Crippen LogP contribution is 2.25. The summed E-state index contributed by atoms with van der Waals surface area (Å²) in [6, 6.07) is 20.4. The lowest BCUT2D eigenvalue weighted by molar-refractivity contribution is 0.601. The standard InChI is InChI=1S/C22H19ClN6O2S/c1-15-25-21(14-22(26-15)28-20-8-4-5-13-24-20)27-16-9-11-17(12-10-16)29-32(30,31)19-7-3-2-6-18(19)23/h2-14,29H,1H3,(H2,24,25,26,27,28). The van der Waals surface area contributed by atoms with E-state index in [-0.39, 0.29) is 9.92 Å². The highest BCUT2D eigenvalue weighted by molar-refractivity contribution is 7.92. The van der Waals surface area contributed by atoms with Gasteiger partial charge in [0.15, 0.2) is 0 Å². The molecule has 0 fully saturated rings. The molecule has 8 nitrogen and oxygen atoms in total. The number of rotatable bonds is 7. The van der Waals surface area contributed by atoms with Crippen molar-refractivity contribution in [2.24, 2.45) is 0 Å². The van der Waals surface area contributed by atoms with Crippen LogP contribution < -0.4 is 15.4 Å². The smallest absolute Gasteiger partial charge is 0.263 e. The van der Waals surface area contributed by atoms with Crippen LogP contribution in [-0.4, -0.2) is 23.4 Å². The van der Waals surface area contributed by atoms with E-state index in [1.54, 1.807) is 55.6 Å². The number of sulfonamides is 1. The summed E-state index contributed by atoms with van der Waals surface area (Å²) in [6.45, 7) is 1.79. The fraction of sp³-hybridized carbons (Fsp3) is 0.0455. The van der Waals surface area contributed by atoms with Crippen LogP contribution in [0.15, 0.2) is 83.9 Å². The molecule has 0 aliphatic heterocycles. The topological polar surface area (TPSA) is 109 Å². The molecule has 3 N–H and O–H groups in total. The molecule has 4 aromatic rings. The zero-order valence-electron chi connectivity index (χ0n) is 16.9. The van der Waals surface area contributed by atoms with E-state index in [1.165, 1.54) is 12.1 Å². The predicted octanol–water partition coefficient (Wildman–Crippen LogP) is 5.12. The summed E-state index contributed by atoms with van der Waals surface area (Å²) in [7, 11) is -3.79. The molecular weight excluding hydrogens is 448 g/mol. The van der Waals surface area contributed by atoms with Gasteiger partial charge in [-0.15, -0.1) is 0 Å². The molecule has 32 heavy (non-hydrogen) atoms. The quantitative estimate of drug-likeness (QED) is 0.346. The first-order valence-electron chi connectivity index (χ1n) is 9.57. The van der Waals surface area contributed by atoms with Gasteiger partial charge in [0.05, 0.1) is 5.02 Å². The summed E-state index contributed by atoms with van der Waals surface area (Å²) in [6.07, 6.45) is 1.69. The number of benzene rings is 2. The van der Waals surface area contributed by atoms with Gasteiger partial charge in [-0.25, -0.2) is 23.4 Å². The van der Waals surface area contributed by atoms with E-state index >= 15 is 0 Å². The third kappa shape index (κ3) is 5.32. The van der Waals surface area contributed by atoms with Crippen LogP contribution in [-0.2, 0) is 10.0 Å². The summed E-state index contributed by atoms with van der Waals surface area (Å²) in [5, 5.41) is 6.49. The van der Waals surface area contributed by atoms with E-state index in [4.69, 9.17) is 11.6 Å². The summed E-state index contributed by atoms with van der Waals surface area (Å²) in [4.78, 5) is 13.0. The summed E-state index contributed by atoms with van der Waals surface area (Å²) in [5.41, 5.74) is 1.14. The van der Waals surface area contributed by atoms with Gasteiger partial charge < -0.3 is 10.6 Å². The molecule has 162 valence electrons. The fourth-order valence-electron chi connectivity index (χ4n) is 2.91. The van der Waals surface area contributed by atoms with Gasteiger partial charge in [-0.2, -0.15) is 0 Å². The number of halogens is 1. The summed E-state index contributed by atoms with van der Waals surface area (Å²) >= 11 is 6.02. The van der Waals surface area contributed by atoms with E-state index in [0.717, 1.165) is 5.69 Å². The van der Waals surface area contributed by atoms with Crippen molar-refractivity contribution >= 4 is 50.5 Å². The van der Waals surface area contributed by atoms with E-state index in [9.17, 15) is 8.42 Å². The first kappa shape index (κ1) is 21.5. The lowest BCUT2D eigenvalue weighted by Gasteiger charge is -2.12. The van der Waals surface area contributed by atoms with Gasteiger partial charge in [-0.3, -0.25) is 4.72 Å². The fourth-order valence-corrected chi connectivity index (χ4v) is 4.49. The summed E-state index contributed by atoms with van der Waals surface area (Å²) in [5.74, 6) is 2.44.